The number of hydrogen-bond acceptors (Lipinski definition) is 3. The van der Waals surface area contributed by atoms with Gasteiger partial charge in [0.25, 0.3) is 0 Å². The van der Waals surface area contributed by atoms with E-state index in [0.29, 0.717) is 16.1 Å². The summed E-state index contributed by atoms with van der Waals surface area (Å²) in [6.45, 7) is 0. The Balaban J connectivity index is 2.53. The minimum Gasteiger partial charge on any atom is -0.345 e. The van der Waals surface area contributed by atoms with Crippen molar-refractivity contribution in [1.82, 2.24) is 9.97 Å². The topological polar surface area (TPSA) is 62.8 Å². The molecule has 4 nitrogen and oxygen atoms in total. The predicted octanol–water partition coefficient (Wildman–Crippen LogP) is 2.21. The highest BCUT2D eigenvalue weighted by molar-refractivity contribution is 6.52. The molecule has 82 valence electrons. The molecular formula is C10H6Cl2N2O2. The molecule has 1 N–H and O–H groups in total. The Hall–Kier alpha value is -1.39. The lowest BCUT2D eigenvalue weighted by Crippen LogP contribution is -2.15. The monoisotopic (exact) mass is 256 g/mol. The van der Waals surface area contributed by atoms with Crippen molar-refractivity contribution in [3.05, 3.63) is 29.0 Å². The van der Waals surface area contributed by atoms with E-state index in [1.807, 2.05) is 0 Å². The van der Waals surface area contributed by atoms with Gasteiger partial charge in [0.05, 0.1) is 22.7 Å². The molecule has 6 heteroatoms. The molecule has 2 rings (SSSR count). The number of alkyl halides is 1. The Bertz CT molecular complexity index is 577. The number of imidazole rings is 1. The summed E-state index contributed by atoms with van der Waals surface area (Å²) in [6.07, 6.45) is 1.47. The maximum atomic E-state index is 11.6. The van der Waals surface area contributed by atoms with E-state index < -0.39 is 11.6 Å². The molecule has 0 spiro atoms. The summed E-state index contributed by atoms with van der Waals surface area (Å²) in [4.78, 5) is 29.5. The summed E-state index contributed by atoms with van der Waals surface area (Å²) >= 11 is 11.2. The minimum absolute atomic E-state index is 0.215. The van der Waals surface area contributed by atoms with E-state index in [1.54, 1.807) is 0 Å². The molecular weight excluding hydrogens is 251 g/mol. The zero-order valence-corrected chi connectivity index (χ0v) is 9.47. The SMILES string of the molecule is O=C(CCl)C(=O)c1cc(Cl)c2nc[nH]c2c1. The van der Waals surface area contributed by atoms with Crippen molar-refractivity contribution >= 4 is 45.8 Å². The molecule has 0 bridgehead atoms. The zero-order chi connectivity index (χ0) is 11.7. The fraction of sp³-hybridized carbons (Fsp3) is 0.100. The quantitative estimate of drug-likeness (QED) is 0.521. The molecule has 0 fully saturated rings. The van der Waals surface area contributed by atoms with Gasteiger partial charge in [0.2, 0.25) is 11.6 Å². The number of nitrogens with zero attached hydrogens (tertiary/aromatic N) is 1. The second kappa shape index (κ2) is 4.23. The van der Waals surface area contributed by atoms with E-state index in [4.69, 9.17) is 23.2 Å². The van der Waals surface area contributed by atoms with Crippen molar-refractivity contribution in [3.8, 4) is 0 Å². The van der Waals surface area contributed by atoms with Gasteiger partial charge in [0, 0.05) is 5.56 Å². The molecule has 0 atom stereocenters. The predicted molar refractivity (Wildman–Crippen MR) is 61.2 cm³/mol. The Morgan fingerprint density at radius 2 is 2.12 bits per heavy atom. The number of hydrogen-bond donors (Lipinski definition) is 1. The molecule has 0 aliphatic heterocycles. The molecule has 2 aromatic rings. The fourth-order valence-corrected chi connectivity index (χ4v) is 1.75. The first-order chi connectivity index (χ1) is 7.63. The lowest BCUT2D eigenvalue weighted by molar-refractivity contribution is -0.112. The van der Waals surface area contributed by atoms with Crippen molar-refractivity contribution in [2.75, 3.05) is 5.88 Å². The van der Waals surface area contributed by atoms with Crippen LogP contribution in [0.4, 0.5) is 0 Å². The van der Waals surface area contributed by atoms with E-state index in [1.165, 1.54) is 18.5 Å². The number of ketones is 2. The maximum Gasteiger partial charge on any atom is 0.229 e. The van der Waals surface area contributed by atoms with Gasteiger partial charge in [-0.25, -0.2) is 4.98 Å². The average molecular weight is 257 g/mol. The molecule has 16 heavy (non-hydrogen) atoms. The largest absolute Gasteiger partial charge is 0.345 e. The zero-order valence-electron chi connectivity index (χ0n) is 7.96. The standard InChI is InChI=1S/C10H6Cl2N2O2/c11-3-8(15)10(16)5-1-6(12)9-7(2-5)13-4-14-9/h1-2,4H,3H2,(H,13,14). The number of halogens is 2. The van der Waals surface area contributed by atoms with Crippen molar-refractivity contribution < 1.29 is 9.59 Å². The van der Waals surface area contributed by atoms with Gasteiger partial charge in [0.1, 0.15) is 5.52 Å². The number of nitrogens with one attached hydrogen (secondary N) is 1. The van der Waals surface area contributed by atoms with Crippen molar-refractivity contribution in [3.63, 3.8) is 0 Å². The smallest absolute Gasteiger partial charge is 0.229 e. The molecule has 0 saturated carbocycles. The van der Waals surface area contributed by atoms with Crippen LogP contribution in [-0.2, 0) is 4.79 Å². The van der Waals surface area contributed by atoms with Crippen LogP contribution in [0.5, 0.6) is 0 Å². The van der Waals surface area contributed by atoms with Gasteiger partial charge in [-0.05, 0) is 12.1 Å². The van der Waals surface area contributed by atoms with E-state index in [-0.39, 0.29) is 11.4 Å². The number of H-pyrrole nitrogens is 1. The molecule has 0 amide bonds. The van der Waals surface area contributed by atoms with Gasteiger partial charge in [-0.15, -0.1) is 11.6 Å². The Morgan fingerprint density at radius 1 is 1.38 bits per heavy atom. The van der Waals surface area contributed by atoms with Crippen LogP contribution in [0.2, 0.25) is 5.02 Å². The molecule has 0 saturated heterocycles. The third-order valence-electron chi connectivity index (χ3n) is 2.11. The molecule has 0 radical (unpaired) electrons. The summed E-state index contributed by atoms with van der Waals surface area (Å²) < 4.78 is 0. The van der Waals surface area contributed by atoms with Crippen LogP contribution in [0.1, 0.15) is 10.4 Å². The van der Waals surface area contributed by atoms with Crippen LogP contribution < -0.4 is 0 Å². The van der Waals surface area contributed by atoms with Crippen LogP contribution >= 0.6 is 23.2 Å². The highest BCUT2D eigenvalue weighted by atomic mass is 35.5. The summed E-state index contributed by atoms with van der Waals surface area (Å²) in [7, 11) is 0. The summed E-state index contributed by atoms with van der Waals surface area (Å²) in [5, 5.41) is 0.324. The van der Waals surface area contributed by atoms with Crippen LogP contribution in [-0.4, -0.2) is 27.4 Å². The fourth-order valence-electron chi connectivity index (χ4n) is 1.36. The average Bonchev–Trinajstić information content (AvgIpc) is 2.75. The normalized spacial score (nSPS) is 10.6. The van der Waals surface area contributed by atoms with E-state index in [9.17, 15) is 9.59 Å². The number of Topliss-reactive ketones (excluding diaryl/α,β-unsaturated/α-hetero) is 2. The first-order valence-corrected chi connectivity index (χ1v) is 5.31. The second-order valence-electron chi connectivity index (χ2n) is 3.14. The number of carbonyl (C=O) groups is 2. The van der Waals surface area contributed by atoms with Crippen molar-refractivity contribution in [2.45, 2.75) is 0 Å². The number of rotatable bonds is 3. The second-order valence-corrected chi connectivity index (χ2v) is 3.82. The van der Waals surface area contributed by atoms with Crippen LogP contribution in [0, 0.1) is 0 Å². The summed E-state index contributed by atoms with van der Waals surface area (Å²) in [5.74, 6) is -1.64. The first-order valence-electron chi connectivity index (χ1n) is 4.39. The molecule has 0 aliphatic carbocycles. The third kappa shape index (κ3) is 1.81. The van der Waals surface area contributed by atoms with E-state index >= 15 is 0 Å². The van der Waals surface area contributed by atoms with Gasteiger partial charge in [-0.3, -0.25) is 9.59 Å². The van der Waals surface area contributed by atoms with Crippen LogP contribution in [0.3, 0.4) is 0 Å². The number of aromatic nitrogens is 2. The molecule has 0 aliphatic rings. The van der Waals surface area contributed by atoms with Gasteiger partial charge in [-0.2, -0.15) is 0 Å². The number of fused-ring (bicyclic) bond motifs is 1. The highest BCUT2D eigenvalue weighted by Crippen LogP contribution is 2.22. The number of benzene rings is 1. The van der Waals surface area contributed by atoms with Crippen molar-refractivity contribution in [1.29, 1.82) is 0 Å². The van der Waals surface area contributed by atoms with Gasteiger partial charge in [-0.1, -0.05) is 11.6 Å². The minimum atomic E-state index is -0.656. The summed E-state index contributed by atoms with van der Waals surface area (Å²) in [6, 6.07) is 2.94. The Labute approximate surface area is 101 Å². The molecule has 1 aromatic heterocycles. The van der Waals surface area contributed by atoms with E-state index in [0.717, 1.165) is 0 Å². The lowest BCUT2D eigenvalue weighted by Gasteiger charge is -1.99. The van der Waals surface area contributed by atoms with Gasteiger partial charge < -0.3 is 4.98 Å². The molecule has 1 heterocycles. The molecule has 0 unspecified atom stereocenters. The van der Waals surface area contributed by atoms with Gasteiger partial charge in [0.15, 0.2) is 0 Å². The Kier molecular flexibility index (Phi) is 2.94. The summed E-state index contributed by atoms with van der Waals surface area (Å²) in [5.41, 5.74) is 1.39. The van der Waals surface area contributed by atoms with Crippen LogP contribution in [0.15, 0.2) is 18.5 Å². The van der Waals surface area contributed by atoms with Crippen LogP contribution in [0.25, 0.3) is 11.0 Å². The van der Waals surface area contributed by atoms with Gasteiger partial charge >= 0.3 is 0 Å². The third-order valence-corrected chi connectivity index (χ3v) is 2.64. The molecule has 1 aromatic carbocycles. The van der Waals surface area contributed by atoms with E-state index in [2.05, 4.69) is 9.97 Å². The number of carbonyl (C=O) groups excluding carboxylic acids is 2. The number of aromatic amines is 1. The Morgan fingerprint density at radius 3 is 2.81 bits per heavy atom. The first kappa shape index (κ1) is 11.1. The lowest BCUT2D eigenvalue weighted by atomic mass is 10.1. The van der Waals surface area contributed by atoms with Crippen molar-refractivity contribution in [2.24, 2.45) is 0 Å². The highest BCUT2D eigenvalue weighted by Gasteiger charge is 2.17. The maximum absolute atomic E-state index is 11.6.